The van der Waals surface area contributed by atoms with Crippen LogP contribution in [-0.2, 0) is 4.79 Å². The van der Waals surface area contributed by atoms with Gasteiger partial charge in [-0.15, -0.1) is 0 Å². The van der Waals surface area contributed by atoms with E-state index in [1.54, 1.807) is 16.7 Å². The molecule has 2 aromatic rings. The molecule has 1 amide bonds. The van der Waals surface area contributed by atoms with E-state index < -0.39 is 0 Å². The highest BCUT2D eigenvalue weighted by Gasteiger charge is 2.27. The third kappa shape index (κ3) is 2.44. The molecule has 0 radical (unpaired) electrons. The molecule has 22 heavy (non-hydrogen) atoms. The lowest BCUT2D eigenvalue weighted by atomic mass is 10.1. The second-order valence-electron chi connectivity index (χ2n) is 5.11. The Labute approximate surface area is 134 Å². The van der Waals surface area contributed by atoms with Gasteiger partial charge in [-0.2, -0.15) is 0 Å². The molecule has 0 saturated heterocycles. The van der Waals surface area contributed by atoms with E-state index in [4.69, 9.17) is 0 Å². The normalized spacial score (nSPS) is 12.5. The quantitative estimate of drug-likeness (QED) is 0.763. The molecule has 0 fully saturated rings. The summed E-state index contributed by atoms with van der Waals surface area (Å²) in [6, 6.07) is 13.5. The number of hydrogen-bond acceptors (Lipinski definition) is 3. The Kier molecular flexibility index (Phi) is 4.03. The lowest BCUT2D eigenvalue weighted by Crippen LogP contribution is -2.27. The Morgan fingerprint density at radius 2 is 1.68 bits per heavy atom. The van der Waals surface area contributed by atoms with Crippen molar-refractivity contribution >= 4 is 34.8 Å². The number of ketones is 1. The number of carbonyl (C=O) groups excluding carboxylic acids is 2. The number of amides is 1. The van der Waals surface area contributed by atoms with E-state index in [9.17, 15) is 9.59 Å². The van der Waals surface area contributed by atoms with Crippen molar-refractivity contribution in [3.63, 3.8) is 0 Å². The van der Waals surface area contributed by atoms with Gasteiger partial charge in [0, 0.05) is 28.2 Å². The number of carbonyl (C=O) groups is 2. The lowest BCUT2D eigenvalue weighted by molar-refractivity contribution is -0.117. The summed E-state index contributed by atoms with van der Waals surface area (Å²) in [5.74, 6) is 0.130. The van der Waals surface area contributed by atoms with Crippen LogP contribution in [0.5, 0.6) is 0 Å². The molecule has 0 aromatic heterocycles. The topological polar surface area (TPSA) is 37.4 Å². The van der Waals surface area contributed by atoms with Crippen LogP contribution in [0.3, 0.4) is 0 Å². The van der Waals surface area contributed by atoms with Gasteiger partial charge in [0.1, 0.15) is 0 Å². The van der Waals surface area contributed by atoms with Crippen LogP contribution in [0.2, 0.25) is 0 Å². The van der Waals surface area contributed by atoms with Crippen LogP contribution in [0, 0.1) is 0 Å². The molecule has 1 heterocycles. The third-order valence-corrected chi connectivity index (χ3v) is 4.85. The van der Waals surface area contributed by atoms with E-state index in [2.05, 4.69) is 0 Å². The van der Waals surface area contributed by atoms with Crippen molar-refractivity contribution in [1.29, 1.82) is 0 Å². The number of rotatable bonds is 3. The molecule has 0 aliphatic carbocycles. The average molecular weight is 311 g/mol. The van der Waals surface area contributed by atoms with E-state index >= 15 is 0 Å². The van der Waals surface area contributed by atoms with Crippen LogP contribution in [0.1, 0.15) is 37.0 Å². The van der Waals surface area contributed by atoms with Gasteiger partial charge in [0.05, 0.1) is 11.4 Å². The molecule has 112 valence electrons. The highest BCUT2D eigenvalue weighted by atomic mass is 32.2. The first-order valence-corrected chi connectivity index (χ1v) is 8.24. The maximum Gasteiger partial charge on any atom is 0.231 e. The largest absolute Gasteiger partial charge is 0.294 e. The summed E-state index contributed by atoms with van der Waals surface area (Å²) < 4.78 is 0. The third-order valence-electron chi connectivity index (χ3n) is 3.72. The zero-order valence-corrected chi connectivity index (χ0v) is 13.4. The van der Waals surface area contributed by atoms with Crippen molar-refractivity contribution < 1.29 is 9.59 Å². The first-order valence-electron chi connectivity index (χ1n) is 7.42. The molecule has 1 aliphatic heterocycles. The van der Waals surface area contributed by atoms with Crippen LogP contribution in [-0.4, -0.2) is 11.7 Å². The minimum Gasteiger partial charge on any atom is -0.294 e. The Morgan fingerprint density at radius 1 is 0.955 bits per heavy atom. The molecule has 2 aromatic carbocycles. The number of anilines is 2. The number of Topliss-reactive ketones (excluding diaryl/α,β-unsaturated/α-hetero) is 1. The number of nitrogens with zero attached hydrogens (tertiary/aromatic N) is 1. The van der Waals surface area contributed by atoms with E-state index in [1.807, 2.05) is 56.3 Å². The van der Waals surface area contributed by atoms with E-state index in [0.717, 1.165) is 21.2 Å². The van der Waals surface area contributed by atoms with Gasteiger partial charge in [-0.05, 0) is 24.3 Å². The summed E-state index contributed by atoms with van der Waals surface area (Å²) in [6.07, 6.45) is 0.884. The van der Waals surface area contributed by atoms with E-state index in [1.165, 1.54) is 0 Å². The van der Waals surface area contributed by atoms with Crippen molar-refractivity contribution in [3.8, 4) is 0 Å². The molecule has 0 unspecified atom stereocenters. The van der Waals surface area contributed by atoms with Gasteiger partial charge in [0.2, 0.25) is 5.91 Å². The van der Waals surface area contributed by atoms with Crippen molar-refractivity contribution in [3.05, 3.63) is 48.0 Å². The molecule has 3 nitrogen and oxygen atoms in total. The maximum absolute atomic E-state index is 12.5. The van der Waals surface area contributed by atoms with Gasteiger partial charge in [-0.25, -0.2) is 0 Å². The zero-order valence-electron chi connectivity index (χ0n) is 12.6. The number of benzene rings is 2. The zero-order chi connectivity index (χ0) is 15.7. The molecule has 4 heteroatoms. The highest BCUT2D eigenvalue weighted by molar-refractivity contribution is 7.99. The van der Waals surface area contributed by atoms with Crippen molar-refractivity contribution in [2.24, 2.45) is 0 Å². The van der Waals surface area contributed by atoms with Crippen LogP contribution in [0.15, 0.2) is 52.3 Å². The Hall–Kier alpha value is -2.07. The standard InChI is InChI=1S/C18H17NO2S/c1-3-15(20)12-9-10-17-14(11-12)19(18(21)4-2)13-7-5-6-8-16(13)22-17/h5-11H,3-4H2,1-2H3. The van der Waals surface area contributed by atoms with Crippen molar-refractivity contribution in [1.82, 2.24) is 0 Å². The van der Waals surface area contributed by atoms with Gasteiger partial charge >= 0.3 is 0 Å². The first-order chi connectivity index (χ1) is 10.7. The molecule has 0 atom stereocenters. The van der Waals surface area contributed by atoms with Crippen LogP contribution >= 0.6 is 11.8 Å². The second-order valence-corrected chi connectivity index (χ2v) is 6.20. The fraction of sp³-hybridized carbons (Fsp3) is 0.222. The van der Waals surface area contributed by atoms with Crippen LogP contribution in [0.25, 0.3) is 0 Å². The average Bonchev–Trinajstić information content (AvgIpc) is 2.57. The Balaban J connectivity index is 2.17. The second kappa shape index (κ2) is 5.97. The van der Waals surface area contributed by atoms with Gasteiger partial charge in [-0.3, -0.25) is 14.5 Å². The fourth-order valence-electron chi connectivity index (χ4n) is 2.56. The van der Waals surface area contributed by atoms with Gasteiger partial charge in [-0.1, -0.05) is 43.8 Å². The molecular weight excluding hydrogens is 294 g/mol. The Bertz CT molecular complexity index is 755. The molecule has 0 N–H and O–H groups in total. The molecule has 3 rings (SSSR count). The lowest BCUT2D eigenvalue weighted by Gasteiger charge is -2.31. The smallest absolute Gasteiger partial charge is 0.231 e. The summed E-state index contributed by atoms with van der Waals surface area (Å²) in [6.45, 7) is 3.70. The maximum atomic E-state index is 12.5. The minimum absolute atomic E-state index is 0.0371. The molecule has 0 saturated carbocycles. The summed E-state index contributed by atoms with van der Waals surface area (Å²) in [5.41, 5.74) is 2.37. The van der Waals surface area contributed by atoms with E-state index in [-0.39, 0.29) is 11.7 Å². The predicted molar refractivity (Wildman–Crippen MR) is 89.1 cm³/mol. The number of para-hydroxylation sites is 1. The molecular formula is C18H17NO2S. The van der Waals surface area contributed by atoms with Crippen LogP contribution in [0.4, 0.5) is 11.4 Å². The monoisotopic (exact) mass is 311 g/mol. The summed E-state index contributed by atoms with van der Waals surface area (Å²) in [4.78, 5) is 28.3. The Morgan fingerprint density at radius 3 is 2.41 bits per heavy atom. The molecule has 1 aliphatic rings. The number of hydrogen-bond donors (Lipinski definition) is 0. The molecule has 0 spiro atoms. The van der Waals surface area contributed by atoms with Gasteiger partial charge in [0.15, 0.2) is 5.78 Å². The van der Waals surface area contributed by atoms with Crippen molar-refractivity contribution in [2.75, 3.05) is 4.90 Å². The summed E-state index contributed by atoms with van der Waals surface area (Å²) in [5, 5.41) is 0. The first kappa shape index (κ1) is 14.9. The van der Waals surface area contributed by atoms with Crippen molar-refractivity contribution in [2.45, 2.75) is 36.5 Å². The summed E-state index contributed by atoms with van der Waals surface area (Å²) in [7, 11) is 0. The van der Waals surface area contributed by atoms with Gasteiger partial charge < -0.3 is 0 Å². The summed E-state index contributed by atoms with van der Waals surface area (Å²) >= 11 is 1.64. The number of fused-ring (bicyclic) bond motifs is 2. The molecule has 0 bridgehead atoms. The SMILES string of the molecule is CCC(=O)c1ccc2c(c1)N(C(=O)CC)c1ccccc1S2. The fourth-order valence-corrected chi connectivity index (χ4v) is 3.60. The highest BCUT2D eigenvalue weighted by Crippen LogP contribution is 2.48. The minimum atomic E-state index is 0.0371. The van der Waals surface area contributed by atoms with Crippen LogP contribution < -0.4 is 4.90 Å². The van der Waals surface area contributed by atoms with Gasteiger partial charge in [0.25, 0.3) is 0 Å². The predicted octanol–water partition coefficient (Wildman–Crippen LogP) is 4.82. The van der Waals surface area contributed by atoms with E-state index in [0.29, 0.717) is 18.4 Å².